The van der Waals surface area contributed by atoms with Crippen molar-refractivity contribution in [2.24, 2.45) is 0 Å². The second kappa shape index (κ2) is 11.3. The van der Waals surface area contributed by atoms with Gasteiger partial charge in [-0.1, -0.05) is 30.3 Å². The maximum absolute atomic E-state index is 13.8. The lowest BCUT2D eigenvalue weighted by atomic mass is 9.94. The number of esters is 1. The van der Waals surface area contributed by atoms with Crippen LogP contribution in [0.1, 0.15) is 33.5 Å². The Balaban J connectivity index is 1.43. The lowest BCUT2D eigenvalue weighted by molar-refractivity contribution is -0.139. The molecule has 1 heterocycles. The van der Waals surface area contributed by atoms with Crippen molar-refractivity contribution in [2.45, 2.75) is 25.0 Å². The van der Waals surface area contributed by atoms with E-state index in [0.717, 1.165) is 10.5 Å². The first-order valence-corrected chi connectivity index (χ1v) is 13.1. The Kier molecular flexibility index (Phi) is 7.62. The molecule has 2 N–H and O–H groups in total. The van der Waals surface area contributed by atoms with Crippen LogP contribution in [0.5, 0.6) is 0 Å². The Morgan fingerprint density at radius 3 is 2.52 bits per heavy atom. The number of carbonyl (C=O) groups excluding carboxylic acids is 5. The Hall–Kier alpha value is -5.26. The third-order valence-corrected chi connectivity index (χ3v) is 7.29. The van der Waals surface area contributed by atoms with Crippen LogP contribution in [-0.2, 0) is 37.6 Å². The van der Waals surface area contributed by atoms with Crippen LogP contribution < -0.4 is 15.5 Å². The Bertz CT molecular complexity index is 1590. The monoisotopic (exact) mass is 574 g/mol. The third kappa shape index (κ3) is 5.14. The van der Waals surface area contributed by atoms with Gasteiger partial charge in [0.1, 0.15) is 12.4 Å². The van der Waals surface area contributed by atoms with Crippen molar-refractivity contribution in [3.8, 4) is 0 Å². The number of nitrogens with zero attached hydrogens (tertiary/aromatic N) is 2. The highest BCUT2D eigenvalue weighted by atomic mass is 19.1. The molecule has 0 aromatic heterocycles. The number of amides is 5. The summed E-state index contributed by atoms with van der Waals surface area (Å²) in [6.45, 7) is -0.749. The Morgan fingerprint density at radius 2 is 1.81 bits per heavy atom. The van der Waals surface area contributed by atoms with Gasteiger partial charge in [-0.25, -0.2) is 23.7 Å². The smallest absolute Gasteiger partial charge is 0.418 e. The summed E-state index contributed by atoms with van der Waals surface area (Å²) in [5.41, 5.74) is 0.950. The quantitative estimate of drug-likeness (QED) is 0.411. The number of fused-ring (bicyclic) bond motifs is 2. The van der Waals surface area contributed by atoms with E-state index in [4.69, 9.17) is 9.47 Å². The molecule has 12 heteroatoms. The van der Waals surface area contributed by atoms with Crippen molar-refractivity contribution in [3.63, 3.8) is 0 Å². The molecule has 0 saturated carbocycles. The number of ether oxygens (including phenoxy) is 2. The maximum Gasteiger partial charge on any atom is 0.418 e. The van der Waals surface area contributed by atoms with Crippen LogP contribution in [0, 0.1) is 5.82 Å². The number of methoxy groups -OCH3 is 1. The highest BCUT2D eigenvalue weighted by Gasteiger charge is 2.58. The van der Waals surface area contributed by atoms with Gasteiger partial charge in [0.2, 0.25) is 11.5 Å². The molecule has 5 amide bonds. The van der Waals surface area contributed by atoms with Gasteiger partial charge >= 0.3 is 18.1 Å². The standard InChI is InChI=1S/C30H27FN4O7/c1-32-28(39)33-21-11-12-23-19(15-21)13-14-30(23)27(38)35(29(40)42-30)17-25(36)34(16-18-7-9-20(31)10-8-18)24-6-4-3-5-22(24)26(37)41-2/h3-12,15H,13-14,16-17H2,1-2H3,(H2,32,33,39). The summed E-state index contributed by atoms with van der Waals surface area (Å²) in [5.74, 6) is -2.52. The van der Waals surface area contributed by atoms with E-state index in [2.05, 4.69) is 10.6 Å². The molecule has 1 spiro atoms. The number of halogens is 1. The van der Waals surface area contributed by atoms with Gasteiger partial charge in [0.25, 0.3) is 5.91 Å². The minimum atomic E-state index is -1.59. The van der Waals surface area contributed by atoms with Gasteiger partial charge in [-0.3, -0.25) is 9.59 Å². The lowest BCUT2D eigenvalue weighted by Gasteiger charge is -2.26. The van der Waals surface area contributed by atoms with Crippen LogP contribution in [-0.4, -0.2) is 55.5 Å². The van der Waals surface area contributed by atoms with E-state index in [9.17, 15) is 28.4 Å². The number of benzene rings is 3. The number of rotatable bonds is 7. The van der Waals surface area contributed by atoms with Crippen molar-refractivity contribution in [1.82, 2.24) is 10.2 Å². The van der Waals surface area contributed by atoms with Crippen molar-refractivity contribution in [3.05, 3.63) is 94.8 Å². The normalized spacial score (nSPS) is 17.1. The molecule has 1 aliphatic heterocycles. The van der Waals surface area contributed by atoms with E-state index in [1.807, 2.05) is 0 Å². The number of urea groups is 1. The molecule has 1 aliphatic carbocycles. The summed E-state index contributed by atoms with van der Waals surface area (Å²) in [5, 5.41) is 5.13. The molecule has 3 aromatic carbocycles. The molecular weight excluding hydrogens is 547 g/mol. The topological polar surface area (TPSA) is 134 Å². The second-order valence-corrected chi connectivity index (χ2v) is 9.78. The van der Waals surface area contributed by atoms with Crippen LogP contribution >= 0.6 is 0 Å². The highest BCUT2D eigenvalue weighted by molar-refractivity contribution is 6.09. The van der Waals surface area contributed by atoms with Gasteiger partial charge in [0.15, 0.2) is 0 Å². The number of carbonyl (C=O) groups is 5. The van der Waals surface area contributed by atoms with Crippen molar-refractivity contribution in [1.29, 1.82) is 0 Å². The van der Waals surface area contributed by atoms with E-state index in [-0.39, 0.29) is 24.2 Å². The van der Waals surface area contributed by atoms with E-state index in [1.54, 1.807) is 30.3 Å². The molecule has 0 radical (unpaired) electrons. The summed E-state index contributed by atoms with van der Waals surface area (Å²) in [6.07, 6.45) is -0.398. The number of anilines is 2. The van der Waals surface area contributed by atoms with Crippen LogP contribution in [0.3, 0.4) is 0 Å². The Morgan fingerprint density at radius 1 is 1.07 bits per heavy atom. The van der Waals surface area contributed by atoms with E-state index >= 15 is 0 Å². The third-order valence-electron chi connectivity index (χ3n) is 7.29. The molecule has 2 aliphatic rings. The van der Waals surface area contributed by atoms with Crippen LogP contribution in [0.15, 0.2) is 66.7 Å². The molecule has 42 heavy (non-hydrogen) atoms. The van der Waals surface area contributed by atoms with Gasteiger partial charge < -0.3 is 25.0 Å². The molecule has 11 nitrogen and oxygen atoms in total. The van der Waals surface area contributed by atoms with Crippen LogP contribution in [0.4, 0.5) is 25.4 Å². The molecule has 3 aromatic rings. The minimum absolute atomic E-state index is 0.0840. The molecule has 1 atom stereocenters. The fraction of sp³-hybridized carbons (Fsp3) is 0.233. The second-order valence-electron chi connectivity index (χ2n) is 9.78. The number of nitrogens with one attached hydrogen (secondary N) is 2. The fourth-order valence-electron chi connectivity index (χ4n) is 5.22. The average Bonchev–Trinajstić information content (AvgIpc) is 3.47. The first kappa shape index (κ1) is 28.3. The van der Waals surface area contributed by atoms with E-state index < -0.39 is 47.9 Å². The Labute approximate surface area is 240 Å². The van der Waals surface area contributed by atoms with Crippen molar-refractivity contribution in [2.75, 3.05) is 30.9 Å². The predicted octanol–water partition coefficient (Wildman–Crippen LogP) is 3.72. The summed E-state index contributed by atoms with van der Waals surface area (Å²) >= 11 is 0. The molecule has 1 saturated heterocycles. The number of hydrogen-bond acceptors (Lipinski definition) is 7. The number of imide groups is 1. The van der Waals surface area contributed by atoms with Gasteiger partial charge in [-0.2, -0.15) is 0 Å². The van der Waals surface area contributed by atoms with Gasteiger partial charge in [0.05, 0.1) is 24.9 Å². The largest absolute Gasteiger partial charge is 0.465 e. The van der Waals surface area contributed by atoms with E-state index in [1.165, 1.54) is 55.5 Å². The van der Waals surface area contributed by atoms with Crippen LogP contribution in [0.25, 0.3) is 0 Å². The maximum atomic E-state index is 13.8. The predicted molar refractivity (Wildman–Crippen MR) is 148 cm³/mol. The van der Waals surface area contributed by atoms with Gasteiger partial charge in [-0.15, -0.1) is 0 Å². The molecule has 1 unspecified atom stereocenters. The van der Waals surface area contributed by atoms with Crippen molar-refractivity contribution < 1.29 is 37.8 Å². The minimum Gasteiger partial charge on any atom is -0.465 e. The highest BCUT2D eigenvalue weighted by Crippen LogP contribution is 2.46. The van der Waals surface area contributed by atoms with Crippen molar-refractivity contribution >= 4 is 41.3 Å². The molecule has 5 rings (SSSR count). The first-order valence-electron chi connectivity index (χ1n) is 13.1. The SMILES string of the molecule is CNC(=O)Nc1ccc2c(c1)CCC21OC(=O)N(CC(=O)N(Cc2ccc(F)cc2)c2ccccc2C(=O)OC)C1=O. The lowest BCUT2D eigenvalue weighted by Crippen LogP contribution is -2.45. The molecule has 0 bridgehead atoms. The number of hydrogen-bond donors (Lipinski definition) is 2. The summed E-state index contributed by atoms with van der Waals surface area (Å²) in [4.78, 5) is 66.8. The zero-order chi connectivity index (χ0) is 30.0. The summed E-state index contributed by atoms with van der Waals surface area (Å²) in [7, 11) is 2.69. The molecular formula is C30H27FN4O7. The molecule has 216 valence electrons. The number of para-hydroxylation sites is 1. The zero-order valence-electron chi connectivity index (χ0n) is 22.8. The zero-order valence-corrected chi connectivity index (χ0v) is 22.8. The first-order chi connectivity index (χ1) is 20.2. The van der Waals surface area contributed by atoms with Gasteiger partial charge in [-0.05, 0) is 53.9 Å². The van der Waals surface area contributed by atoms with Gasteiger partial charge in [0, 0.05) is 24.7 Å². The summed E-state index contributed by atoms with van der Waals surface area (Å²) in [6, 6.07) is 16.2. The fourth-order valence-corrected chi connectivity index (χ4v) is 5.22. The van der Waals surface area contributed by atoms with E-state index in [0.29, 0.717) is 23.2 Å². The van der Waals surface area contributed by atoms with Crippen LogP contribution in [0.2, 0.25) is 0 Å². The summed E-state index contributed by atoms with van der Waals surface area (Å²) < 4.78 is 24.1. The average molecular weight is 575 g/mol. The molecule has 1 fully saturated rings. The number of aryl methyl sites for hydroxylation is 1.